The first-order valence-corrected chi connectivity index (χ1v) is 11.0. The standard InChI is InChI=1S/C19H24N2O4S/c22-18(20-14-6-4-2-1-3-5-7-14)13-8-11-16-17(12-13)26(24,25)21(19(16)23)15-9-10-15/h8,11-12,14-15H,1-7,9-10H2,(H,20,22). The van der Waals surface area contributed by atoms with Gasteiger partial charge in [0, 0.05) is 17.6 Å². The fourth-order valence-corrected chi connectivity index (χ4v) is 5.77. The van der Waals surface area contributed by atoms with Crippen LogP contribution in [0.15, 0.2) is 23.1 Å². The van der Waals surface area contributed by atoms with Crippen LogP contribution < -0.4 is 5.32 Å². The van der Waals surface area contributed by atoms with E-state index in [4.69, 9.17) is 0 Å². The van der Waals surface area contributed by atoms with Gasteiger partial charge in [0.15, 0.2) is 0 Å². The van der Waals surface area contributed by atoms with Crippen LogP contribution in [0.5, 0.6) is 0 Å². The Balaban J connectivity index is 1.55. The van der Waals surface area contributed by atoms with Crippen LogP contribution in [-0.2, 0) is 10.0 Å². The Kier molecular flexibility index (Phi) is 4.50. The minimum absolute atomic E-state index is 0.0280. The summed E-state index contributed by atoms with van der Waals surface area (Å²) in [5.74, 6) is -0.722. The minimum Gasteiger partial charge on any atom is -0.349 e. The van der Waals surface area contributed by atoms with Crippen LogP contribution in [0, 0.1) is 0 Å². The van der Waals surface area contributed by atoms with Gasteiger partial charge in [-0.3, -0.25) is 9.59 Å². The Bertz CT molecular complexity index is 837. The van der Waals surface area contributed by atoms with Crippen molar-refractivity contribution in [2.75, 3.05) is 0 Å². The summed E-state index contributed by atoms with van der Waals surface area (Å²) in [4.78, 5) is 25.0. The number of fused-ring (bicyclic) bond motifs is 1. The number of hydrogen-bond acceptors (Lipinski definition) is 4. The van der Waals surface area contributed by atoms with Crippen LogP contribution in [0.25, 0.3) is 0 Å². The average Bonchev–Trinajstić information content (AvgIpc) is 3.38. The molecule has 0 aromatic heterocycles. The summed E-state index contributed by atoms with van der Waals surface area (Å²) in [7, 11) is -3.83. The van der Waals surface area contributed by atoms with Crippen molar-refractivity contribution in [3.8, 4) is 0 Å². The van der Waals surface area contributed by atoms with Crippen LogP contribution in [-0.4, -0.2) is 36.6 Å². The smallest absolute Gasteiger partial charge is 0.269 e. The van der Waals surface area contributed by atoms with Gasteiger partial charge in [0.05, 0.1) is 5.56 Å². The molecule has 1 heterocycles. The largest absolute Gasteiger partial charge is 0.349 e. The van der Waals surface area contributed by atoms with Crippen molar-refractivity contribution >= 4 is 21.8 Å². The Morgan fingerprint density at radius 1 is 1.00 bits per heavy atom. The number of nitrogens with one attached hydrogen (secondary N) is 1. The Hall–Kier alpha value is -1.89. The van der Waals surface area contributed by atoms with E-state index < -0.39 is 15.9 Å². The first-order valence-electron chi connectivity index (χ1n) is 9.52. The minimum atomic E-state index is -3.83. The molecular weight excluding hydrogens is 352 g/mol. The zero-order chi connectivity index (χ0) is 18.3. The molecule has 7 heteroatoms. The highest BCUT2D eigenvalue weighted by Crippen LogP contribution is 2.39. The van der Waals surface area contributed by atoms with E-state index in [2.05, 4.69) is 5.32 Å². The molecule has 0 radical (unpaired) electrons. The van der Waals surface area contributed by atoms with Crippen molar-refractivity contribution in [3.05, 3.63) is 29.3 Å². The molecule has 4 rings (SSSR count). The van der Waals surface area contributed by atoms with Crippen molar-refractivity contribution in [2.24, 2.45) is 0 Å². The predicted molar refractivity (Wildman–Crippen MR) is 96.4 cm³/mol. The SMILES string of the molecule is O=C(NC1CCCCCCC1)c1ccc2c(c1)S(=O)(=O)N(C1CC1)C2=O. The lowest BCUT2D eigenvalue weighted by Crippen LogP contribution is -2.35. The van der Waals surface area contributed by atoms with Crippen LogP contribution in [0.1, 0.15) is 78.5 Å². The maximum absolute atomic E-state index is 12.7. The fourth-order valence-electron chi connectivity index (χ4n) is 3.93. The summed E-state index contributed by atoms with van der Waals surface area (Å²) in [6.45, 7) is 0. The summed E-state index contributed by atoms with van der Waals surface area (Å²) in [5, 5.41) is 3.05. The van der Waals surface area contributed by atoms with Crippen molar-refractivity contribution in [1.29, 1.82) is 0 Å². The van der Waals surface area contributed by atoms with Gasteiger partial charge in [-0.25, -0.2) is 12.7 Å². The van der Waals surface area contributed by atoms with Gasteiger partial charge in [0.1, 0.15) is 4.90 Å². The van der Waals surface area contributed by atoms with Gasteiger partial charge in [0.25, 0.3) is 21.8 Å². The van der Waals surface area contributed by atoms with Crippen molar-refractivity contribution in [1.82, 2.24) is 9.62 Å². The van der Waals surface area contributed by atoms with E-state index in [1.807, 2.05) is 0 Å². The summed E-state index contributed by atoms with van der Waals surface area (Å²) < 4.78 is 26.4. The first-order chi connectivity index (χ1) is 12.5. The highest BCUT2D eigenvalue weighted by molar-refractivity contribution is 7.90. The molecule has 0 atom stereocenters. The van der Waals surface area contributed by atoms with Gasteiger partial charge >= 0.3 is 0 Å². The molecule has 140 valence electrons. The Labute approximate surface area is 154 Å². The second kappa shape index (κ2) is 6.68. The number of rotatable bonds is 3. The number of amides is 2. The second-order valence-corrected chi connectivity index (χ2v) is 9.35. The van der Waals surface area contributed by atoms with Gasteiger partial charge < -0.3 is 5.32 Å². The molecule has 6 nitrogen and oxygen atoms in total. The van der Waals surface area contributed by atoms with Crippen molar-refractivity contribution < 1.29 is 18.0 Å². The molecule has 1 aliphatic heterocycles. The maximum atomic E-state index is 12.7. The van der Waals surface area contributed by atoms with Gasteiger partial charge in [-0.15, -0.1) is 0 Å². The molecule has 2 fully saturated rings. The predicted octanol–water partition coefficient (Wildman–Crippen LogP) is 2.84. The third-order valence-corrected chi connectivity index (χ3v) is 7.41. The molecule has 0 bridgehead atoms. The van der Waals surface area contributed by atoms with Crippen molar-refractivity contribution in [2.45, 2.75) is 74.8 Å². The fraction of sp³-hybridized carbons (Fsp3) is 0.579. The number of benzene rings is 1. The lowest BCUT2D eigenvalue weighted by molar-refractivity contribution is 0.0863. The summed E-state index contributed by atoms with van der Waals surface area (Å²) in [6.07, 6.45) is 9.22. The zero-order valence-corrected chi connectivity index (χ0v) is 15.6. The van der Waals surface area contributed by atoms with Gasteiger partial charge in [-0.1, -0.05) is 32.1 Å². The lowest BCUT2D eigenvalue weighted by atomic mass is 9.96. The van der Waals surface area contributed by atoms with E-state index in [1.165, 1.54) is 31.4 Å². The number of carbonyl (C=O) groups excluding carboxylic acids is 2. The number of carbonyl (C=O) groups is 2. The Morgan fingerprint density at radius 3 is 2.31 bits per heavy atom. The number of hydrogen-bond donors (Lipinski definition) is 1. The summed E-state index contributed by atoms with van der Waals surface area (Å²) >= 11 is 0. The van der Waals surface area contributed by atoms with Crippen LogP contribution >= 0.6 is 0 Å². The molecule has 2 aliphatic carbocycles. The van der Waals surface area contributed by atoms with E-state index >= 15 is 0 Å². The average molecular weight is 376 g/mol. The monoisotopic (exact) mass is 376 g/mol. The van der Waals surface area contributed by atoms with E-state index in [0.29, 0.717) is 18.4 Å². The molecule has 0 unspecified atom stereocenters. The molecule has 1 aromatic rings. The number of nitrogens with zero attached hydrogens (tertiary/aromatic N) is 1. The van der Waals surface area contributed by atoms with E-state index in [1.54, 1.807) is 6.07 Å². The third-order valence-electron chi connectivity index (χ3n) is 5.53. The molecule has 26 heavy (non-hydrogen) atoms. The first kappa shape index (κ1) is 17.5. The van der Waals surface area contributed by atoms with Crippen LogP contribution in [0.3, 0.4) is 0 Å². The molecule has 1 N–H and O–H groups in total. The highest BCUT2D eigenvalue weighted by atomic mass is 32.2. The number of sulfonamides is 1. The lowest BCUT2D eigenvalue weighted by Gasteiger charge is -2.21. The van der Waals surface area contributed by atoms with Crippen LogP contribution in [0.2, 0.25) is 0 Å². The van der Waals surface area contributed by atoms with Crippen LogP contribution in [0.4, 0.5) is 0 Å². The molecule has 2 amide bonds. The molecule has 0 saturated heterocycles. The van der Waals surface area contributed by atoms with Crippen molar-refractivity contribution in [3.63, 3.8) is 0 Å². The van der Waals surface area contributed by atoms with E-state index in [-0.39, 0.29) is 28.4 Å². The highest BCUT2D eigenvalue weighted by Gasteiger charge is 2.48. The van der Waals surface area contributed by atoms with E-state index in [9.17, 15) is 18.0 Å². The van der Waals surface area contributed by atoms with Gasteiger partial charge in [-0.05, 0) is 43.9 Å². The van der Waals surface area contributed by atoms with Gasteiger partial charge in [-0.2, -0.15) is 0 Å². The molecule has 3 aliphatic rings. The molecule has 0 spiro atoms. The third kappa shape index (κ3) is 3.13. The summed E-state index contributed by atoms with van der Waals surface area (Å²) in [5.41, 5.74) is 0.485. The molecule has 1 aromatic carbocycles. The van der Waals surface area contributed by atoms with E-state index in [0.717, 1.165) is 30.0 Å². The molecule has 2 saturated carbocycles. The topological polar surface area (TPSA) is 83.6 Å². The molecular formula is C19H24N2O4S. The summed E-state index contributed by atoms with van der Waals surface area (Å²) in [6, 6.07) is 4.32. The Morgan fingerprint density at radius 2 is 1.65 bits per heavy atom. The quantitative estimate of drug-likeness (QED) is 0.879. The maximum Gasteiger partial charge on any atom is 0.269 e. The normalized spacial score (nSPS) is 23.2. The van der Waals surface area contributed by atoms with Gasteiger partial charge in [0.2, 0.25) is 0 Å². The zero-order valence-electron chi connectivity index (χ0n) is 14.7. The second-order valence-electron chi connectivity index (χ2n) is 7.56.